The van der Waals surface area contributed by atoms with E-state index in [1.807, 2.05) is 0 Å². The van der Waals surface area contributed by atoms with Crippen LogP contribution in [0.15, 0.2) is 0 Å². The molecule has 1 aliphatic heterocycles. The summed E-state index contributed by atoms with van der Waals surface area (Å²) in [4.78, 5) is 0. The molecule has 1 aliphatic rings. The highest BCUT2D eigenvalue weighted by molar-refractivity contribution is 6.31. The van der Waals surface area contributed by atoms with Gasteiger partial charge in [-0.25, -0.2) is 0 Å². The predicted octanol–water partition coefficient (Wildman–Crippen LogP) is 0.268. The summed E-state index contributed by atoms with van der Waals surface area (Å²) in [5.74, 6) is 0. The molecule has 0 radical (unpaired) electrons. The second kappa shape index (κ2) is 5.18. The molecular formula is C4H12OSi. The molecule has 1 fully saturated rings. The SMILES string of the molecule is C1CO1.C[SiH2]C. The van der Waals surface area contributed by atoms with Crippen LogP contribution >= 0.6 is 0 Å². The van der Waals surface area contributed by atoms with E-state index in [2.05, 4.69) is 17.8 Å². The topological polar surface area (TPSA) is 12.5 Å². The largest absolute Gasteiger partial charge is 0.377 e. The van der Waals surface area contributed by atoms with E-state index in [0.717, 1.165) is 13.2 Å². The van der Waals surface area contributed by atoms with Crippen molar-refractivity contribution in [1.29, 1.82) is 0 Å². The Labute approximate surface area is 41.5 Å². The van der Waals surface area contributed by atoms with E-state index in [1.165, 1.54) is 0 Å². The molecule has 0 aromatic carbocycles. The molecule has 0 aromatic rings. The lowest BCUT2D eigenvalue weighted by Crippen LogP contribution is -1.53. The smallest absolute Gasteiger partial charge is 0.0701 e. The van der Waals surface area contributed by atoms with Crippen LogP contribution in [0.2, 0.25) is 13.1 Å². The summed E-state index contributed by atoms with van der Waals surface area (Å²) in [5, 5.41) is 0. The fraction of sp³-hybridized carbons (Fsp3) is 1.00. The van der Waals surface area contributed by atoms with Crippen LogP contribution in [-0.2, 0) is 4.74 Å². The number of hydrogen-bond donors (Lipinski definition) is 0. The van der Waals surface area contributed by atoms with Crippen molar-refractivity contribution in [2.24, 2.45) is 0 Å². The Morgan fingerprint density at radius 3 is 1.50 bits per heavy atom. The van der Waals surface area contributed by atoms with Gasteiger partial charge in [0.1, 0.15) is 0 Å². The first-order valence-electron chi connectivity index (χ1n) is 2.49. The molecule has 0 aliphatic carbocycles. The molecular weight excluding hydrogens is 92.1 g/mol. The first kappa shape index (κ1) is 6.18. The van der Waals surface area contributed by atoms with Crippen LogP contribution in [-0.4, -0.2) is 22.7 Å². The number of epoxide rings is 1. The lowest BCUT2D eigenvalue weighted by molar-refractivity contribution is 0.475. The van der Waals surface area contributed by atoms with Crippen LogP contribution in [0.4, 0.5) is 0 Å². The molecule has 0 atom stereocenters. The van der Waals surface area contributed by atoms with Crippen molar-refractivity contribution in [1.82, 2.24) is 0 Å². The van der Waals surface area contributed by atoms with Crippen molar-refractivity contribution in [3.05, 3.63) is 0 Å². The van der Waals surface area contributed by atoms with Crippen LogP contribution in [0, 0.1) is 0 Å². The number of hydrogen-bond acceptors (Lipinski definition) is 1. The van der Waals surface area contributed by atoms with Crippen molar-refractivity contribution >= 4 is 9.52 Å². The lowest BCUT2D eigenvalue weighted by Gasteiger charge is -1.45. The Hall–Kier alpha value is 0.177. The first-order chi connectivity index (χ1) is 2.91. The fourth-order valence-corrected chi connectivity index (χ4v) is 0. The number of rotatable bonds is 0. The standard InChI is InChI=1S/C2H4O.C2H8Si/c1-2-3-1;1-3-2/h1-2H2;3H2,1-2H3. The van der Waals surface area contributed by atoms with Crippen LogP contribution in [0.5, 0.6) is 0 Å². The van der Waals surface area contributed by atoms with E-state index in [4.69, 9.17) is 0 Å². The molecule has 1 saturated heterocycles. The average molecular weight is 104 g/mol. The van der Waals surface area contributed by atoms with Crippen molar-refractivity contribution in [2.75, 3.05) is 13.2 Å². The second-order valence-electron chi connectivity index (χ2n) is 1.32. The summed E-state index contributed by atoms with van der Waals surface area (Å²) in [6.45, 7) is 6.53. The highest BCUT2D eigenvalue weighted by Gasteiger charge is 1.94. The maximum atomic E-state index is 4.50. The van der Waals surface area contributed by atoms with E-state index in [1.54, 1.807) is 0 Å². The van der Waals surface area contributed by atoms with E-state index < -0.39 is 0 Å². The molecule has 0 aromatic heterocycles. The molecule has 0 saturated carbocycles. The molecule has 1 nitrogen and oxygen atoms in total. The van der Waals surface area contributed by atoms with Gasteiger partial charge >= 0.3 is 0 Å². The molecule has 1 heterocycles. The van der Waals surface area contributed by atoms with Gasteiger partial charge in [-0.15, -0.1) is 0 Å². The molecule has 1 rings (SSSR count). The van der Waals surface area contributed by atoms with Gasteiger partial charge in [0.25, 0.3) is 0 Å². The average Bonchev–Trinajstić information content (AvgIpc) is 2.11. The Morgan fingerprint density at radius 2 is 1.50 bits per heavy atom. The van der Waals surface area contributed by atoms with E-state index >= 15 is 0 Å². The zero-order chi connectivity index (χ0) is 4.83. The Morgan fingerprint density at radius 1 is 1.33 bits per heavy atom. The quantitative estimate of drug-likeness (QED) is 0.317. The highest BCUT2D eigenvalue weighted by Crippen LogP contribution is 1.84. The molecule has 0 amide bonds. The molecule has 38 valence electrons. The highest BCUT2D eigenvalue weighted by atomic mass is 28.2. The van der Waals surface area contributed by atoms with E-state index in [9.17, 15) is 0 Å². The maximum absolute atomic E-state index is 4.50. The second-order valence-corrected chi connectivity index (χ2v) is 2.73. The Bertz CT molecular complexity index is 18.8. The van der Waals surface area contributed by atoms with Gasteiger partial charge in [0.2, 0.25) is 0 Å². The van der Waals surface area contributed by atoms with Gasteiger partial charge in [-0.3, -0.25) is 0 Å². The maximum Gasteiger partial charge on any atom is 0.0701 e. The van der Waals surface area contributed by atoms with Crippen LogP contribution in [0.1, 0.15) is 0 Å². The zero-order valence-corrected chi connectivity index (χ0v) is 5.94. The first-order valence-corrected chi connectivity index (χ1v) is 5.32. The monoisotopic (exact) mass is 104 g/mol. The van der Waals surface area contributed by atoms with Gasteiger partial charge in [0.05, 0.1) is 13.2 Å². The third-order valence-electron chi connectivity index (χ3n) is 0.204. The van der Waals surface area contributed by atoms with Gasteiger partial charge in [-0.2, -0.15) is 0 Å². The van der Waals surface area contributed by atoms with Gasteiger partial charge in [0.15, 0.2) is 0 Å². The summed E-state index contributed by atoms with van der Waals surface area (Å²) < 4.78 is 4.50. The van der Waals surface area contributed by atoms with Gasteiger partial charge in [-0.05, 0) is 0 Å². The van der Waals surface area contributed by atoms with Crippen LogP contribution in [0.3, 0.4) is 0 Å². The summed E-state index contributed by atoms with van der Waals surface area (Å²) >= 11 is 0. The summed E-state index contributed by atoms with van der Waals surface area (Å²) in [5.41, 5.74) is 0. The van der Waals surface area contributed by atoms with Gasteiger partial charge in [0, 0.05) is 9.52 Å². The predicted molar refractivity (Wildman–Crippen MR) is 31.1 cm³/mol. The number of ether oxygens (including phenoxy) is 1. The van der Waals surface area contributed by atoms with E-state index in [0.29, 0.717) is 9.52 Å². The van der Waals surface area contributed by atoms with E-state index in [-0.39, 0.29) is 0 Å². The lowest BCUT2D eigenvalue weighted by atomic mass is 11.0. The summed E-state index contributed by atoms with van der Waals surface area (Å²) in [6, 6.07) is 0. The Kier molecular flexibility index (Phi) is 5.33. The minimum Gasteiger partial charge on any atom is -0.377 e. The third kappa shape index (κ3) is 30.4. The zero-order valence-electron chi connectivity index (χ0n) is 4.53. The molecule has 2 heteroatoms. The van der Waals surface area contributed by atoms with Crippen molar-refractivity contribution in [2.45, 2.75) is 13.1 Å². The Balaban J connectivity index is 0.0000000833. The van der Waals surface area contributed by atoms with Crippen molar-refractivity contribution in [3.63, 3.8) is 0 Å². The molecule has 0 unspecified atom stereocenters. The van der Waals surface area contributed by atoms with Crippen LogP contribution in [0.25, 0.3) is 0 Å². The molecule has 0 bridgehead atoms. The minimum absolute atomic E-state index is 0.417. The summed E-state index contributed by atoms with van der Waals surface area (Å²) in [7, 11) is 0.417. The van der Waals surface area contributed by atoms with Crippen LogP contribution < -0.4 is 0 Å². The molecule has 6 heavy (non-hydrogen) atoms. The third-order valence-corrected chi connectivity index (χ3v) is 0.204. The minimum atomic E-state index is 0.417. The molecule has 0 spiro atoms. The van der Waals surface area contributed by atoms with Crippen molar-refractivity contribution in [3.8, 4) is 0 Å². The fourth-order valence-electron chi connectivity index (χ4n) is 0. The van der Waals surface area contributed by atoms with Gasteiger partial charge in [-0.1, -0.05) is 13.1 Å². The van der Waals surface area contributed by atoms with Gasteiger partial charge < -0.3 is 4.74 Å². The van der Waals surface area contributed by atoms with Crippen molar-refractivity contribution < 1.29 is 4.74 Å². The normalized spacial score (nSPS) is 15.0. The summed E-state index contributed by atoms with van der Waals surface area (Å²) in [6.07, 6.45) is 0. The molecule has 0 N–H and O–H groups in total.